The zero-order chi connectivity index (χ0) is 13.4. The van der Waals surface area contributed by atoms with E-state index in [4.69, 9.17) is 4.42 Å². The van der Waals surface area contributed by atoms with Gasteiger partial charge in [0.15, 0.2) is 0 Å². The van der Waals surface area contributed by atoms with Crippen LogP contribution in [0.3, 0.4) is 0 Å². The van der Waals surface area contributed by atoms with E-state index in [0.29, 0.717) is 12.3 Å². The minimum absolute atomic E-state index is 0.0868. The molecule has 0 spiro atoms. The largest absolute Gasteiger partial charge is 0.462 e. The molecule has 1 N–H and O–H groups in total. The average Bonchev–Trinajstić information content (AvgIpc) is 2.78. The van der Waals surface area contributed by atoms with Gasteiger partial charge in [-0.3, -0.25) is 4.79 Å². The molecule has 0 fully saturated rings. The lowest BCUT2D eigenvalue weighted by molar-refractivity contribution is -0.116. The number of rotatable bonds is 7. The van der Waals surface area contributed by atoms with Crippen LogP contribution >= 0.6 is 0 Å². The Balaban J connectivity index is 2.27. The Morgan fingerprint density at radius 2 is 2.11 bits per heavy atom. The first-order valence-corrected chi connectivity index (χ1v) is 6.40. The summed E-state index contributed by atoms with van der Waals surface area (Å²) in [5.74, 6) is 1.46. The summed E-state index contributed by atoms with van der Waals surface area (Å²) in [4.78, 5) is 13.8. The fourth-order valence-corrected chi connectivity index (χ4v) is 1.64. The van der Waals surface area contributed by atoms with Gasteiger partial charge in [-0.1, -0.05) is 13.8 Å². The lowest BCUT2D eigenvalue weighted by atomic mass is 10.3. The fraction of sp³-hybridized carbons (Fsp3) is 0.500. The second kappa shape index (κ2) is 7.71. The molecule has 0 bridgehead atoms. The molecule has 4 heteroatoms. The molecule has 0 aliphatic rings. The summed E-state index contributed by atoms with van der Waals surface area (Å²) in [6.07, 6.45) is 3.18. The molecule has 1 amide bonds. The van der Waals surface area contributed by atoms with E-state index in [1.165, 1.54) is 6.08 Å². The highest BCUT2D eigenvalue weighted by Gasteiger charge is 2.00. The van der Waals surface area contributed by atoms with Crippen molar-refractivity contribution in [2.75, 3.05) is 26.2 Å². The van der Waals surface area contributed by atoms with Crippen molar-refractivity contribution in [2.24, 2.45) is 0 Å². The monoisotopic (exact) mass is 250 g/mol. The van der Waals surface area contributed by atoms with Crippen LogP contribution in [0.4, 0.5) is 0 Å². The molecular formula is C14H22N2O2. The van der Waals surface area contributed by atoms with Gasteiger partial charge in [0.25, 0.3) is 0 Å². The van der Waals surface area contributed by atoms with E-state index in [2.05, 4.69) is 24.1 Å². The van der Waals surface area contributed by atoms with Gasteiger partial charge in [0.2, 0.25) is 5.91 Å². The Hall–Kier alpha value is -1.55. The van der Waals surface area contributed by atoms with E-state index >= 15 is 0 Å². The third-order valence-electron chi connectivity index (χ3n) is 2.78. The van der Waals surface area contributed by atoms with Gasteiger partial charge >= 0.3 is 0 Å². The maximum atomic E-state index is 11.5. The summed E-state index contributed by atoms with van der Waals surface area (Å²) in [6, 6.07) is 3.72. The van der Waals surface area contributed by atoms with Crippen LogP contribution < -0.4 is 5.32 Å². The number of nitrogens with one attached hydrogen (secondary N) is 1. The van der Waals surface area contributed by atoms with Crippen LogP contribution in [0.15, 0.2) is 22.6 Å². The maximum Gasteiger partial charge on any atom is 0.244 e. The van der Waals surface area contributed by atoms with Crippen molar-refractivity contribution in [1.29, 1.82) is 0 Å². The summed E-state index contributed by atoms with van der Waals surface area (Å²) >= 11 is 0. The Morgan fingerprint density at radius 3 is 2.67 bits per heavy atom. The molecule has 0 aliphatic heterocycles. The van der Waals surface area contributed by atoms with E-state index in [-0.39, 0.29) is 5.91 Å². The van der Waals surface area contributed by atoms with E-state index in [1.807, 2.05) is 19.1 Å². The van der Waals surface area contributed by atoms with Crippen molar-refractivity contribution in [3.8, 4) is 0 Å². The Bertz CT molecular complexity index is 392. The van der Waals surface area contributed by atoms with Crippen molar-refractivity contribution in [2.45, 2.75) is 20.8 Å². The first-order chi connectivity index (χ1) is 8.65. The van der Waals surface area contributed by atoms with Gasteiger partial charge in [0.1, 0.15) is 11.5 Å². The Morgan fingerprint density at radius 1 is 1.39 bits per heavy atom. The summed E-state index contributed by atoms with van der Waals surface area (Å²) in [6.45, 7) is 9.67. The molecule has 0 unspecified atom stereocenters. The molecule has 4 nitrogen and oxygen atoms in total. The second-order valence-electron chi connectivity index (χ2n) is 4.10. The van der Waals surface area contributed by atoms with E-state index < -0.39 is 0 Å². The van der Waals surface area contributed by atoms with Gasteiger partial charge in [0, 0.05) is 19.2 Å². The number of carbonyl (C=O) groups excluding carboxylic acids is 1. The minimum atomic E-state index is -0.0868. The standard InChI is InChI=1S/C14H22N2O2/c1-4-16(5-2)11-10-15-14(17)9-8-13-7-6-12(3)18-13/h6-9H,4-5,10-11H2,1-3H3,(H,15,17)/b9-8+. The van der Waals surface area contributed by atoms with Gasteiger partial charge in [-0.15, -0.1) is 0 Å². The zero-order valence-electron chi connectivity index (χ0n) is 11.4. The highest BCUT2D eigenvalue weighted by Crippen LogP contribution is 2.07. The van der Waals surface area contributed by atoms with Crippen LogP contribution in [-0.2, 0) is 4.79 Å². The lowest BCUT2D eigenvalue weighted by Gasteiger charge is -2.17. The quantitative estimate of drug-likeness (QED) is 0.753. The SMILES string of the molecule is CCN(CC)CCNC(=O)/C=C/c1ccc(C)o1. The highest BCUT2D eigenvalue weighted by molar-refractivity contribution is 5.91. The van der Waals surface area contributed by atoms with Crippen LogP contribution in [0.1, 0.15) is 25.4 Å². The molecule has 100 valence electrons. The molecule has 1 aromatic heterocycles. The van der Waals surface area contributed by atoms with Gasteiger partial charge in [0.05, 0.1) is 0 Å². The van der Waals surface area contributed by atoms with Gasteiger partial charge in [-0.25, -0.2) is 0 Å². The van der Waals surface area contributed by atoms with Crippen LogP contribution in [0.5, 0.6) is 0 Å². The number of furan rings is 1. The number of likely N-dealkylation sites (N-methyl/N-ethyl adjacent to an activating group) is 1. The topological polar surface area (TPSA) is 45.5 Å². The van der Waals surface area contributed by atoms with Gasteiger partial charge in [-0.2, -0.15) is 0 Å². The second-order valence-corrected chi connectivity index (χ2v) is 4.10. The number of amides is 1. The normalized spacial score (nSPS) is 11.3. The molecular weight excluding hydrogens is 228 g/mol. The molecule has 1 heterocycles. The molecule has 0 radical (unpaired) electrons. The molecule has 0 atom stereocenters. The summed E-state index contributed by atoms with van der Waals surface area (Å²) in [5, 5.41) is 2.85. The maximum absolute atomic E-state index is 11.5. The van der Waals surface area contributed by atoms with Crippen LogP contribution in [-0.4, -0.2) is 37.0 Å². The van der Waals surface area contributed by atoms with Crippen molar-refractivity contribution in [3.05, 3.63) is 29.7 Å². The number of carbonyl (C=O) groups is 1. The summed E-state index contributed by atoms with van der Waals surface area (Å²) in [7, 11) is 0. The highest BCUT2D eigenvalue weighted by atomic mass is 16.3. The van der Waals surface area contributed by atoms with Crippen molar-refractivity contribution in [3.63, 3.8) is 0 Å². The van der Waals surface area contributed by atoms with Crippen molar-refractivity contribution >= 4 is 12.0 Å². The summed E-state index contributed by atoms with van der Waals surface area (Å²) in [5.41, 5.74) is 0. The molecule has 1 aromatic rings. The fourth-order valence-electron chi connectivity index (χ4n) is 1.64. The molecule has 0 aliphatic carbocycles. The average molecular weight is 250 g/mol. The minimum Gasteiger partial charge on any atom is -0.462 e. The number of hydrogen-bond donors (Lipinski definition) is 1. The van der Waals surface area contributed by atoms with Crippen LogP contribution in [0, 0.1) is 6.92 Å². The first-order valence-electron chi connectivity index (χ1n) is 6.40. The zero-order valence-corrected chi connectivity index (χ0v) is 11.4. The predicted octanol–water partition coefficient (Wildman–Crippen LogP) is 2.06. The summed E-state index contributed by atoms with van der Waals surface area (Å²) < 4.78 is 5.34. The lowest BCUT2D eigenvalue weighted by Crippen LogP contribution is -2.34. The molecule has 0 saturated heterocycles. The molecule has 1 rings (SSSR count). The van der Waals surface area contributed by atoms with Crippen molar-refractivity contribution < 1.29 is 9.21 Å². The third-order valence-corrected chi connectivity index (χ3v) is 2.78. The number of aryl methyl sites for hydroxylation is 1. The van der Waals surface area contributed by atoms with E-state index in [1.54, 1.807) is 6.08 Å². The Labute approximate surface area is 109 Å². The van der Waals surface area contributed by atoms with E-state index in [0.717, 1.165) is 25.4 Å². The number of nitrogens with zero attached hydrogens (tertiary/aromatic N) is 1. The van der Waals surface area contributed by atoms with Crippen molar-refractivity contribution in [1.82, 2.24) is 10.2 Å². The number of hydrogen-bond acceptors (Lipinski definition) is 3. The van der Waals surface area contributed by atoms with Gasteiger partial charge in [-0.05, 0) is 38.2 Å². The first kappa shape index (κ1) is 14.5. The molecule has 0 saturated carbocycles. The molecule has 18 heavy (non-hydrogen) atoms. The van der Waals surface area contributed by atoms with Crippen LogP contribution in [0.25, 0.3) is 6.08 Å². The smallest absolute Gasteiger partial charge is 0.244 e. The third kappa shape index (κ3) is 5.19. The Kier molecular flexibility index (Phi) is 6.22. The van der Waals surface area contributed by atoms with E-state index in [9.17, 15) is 4.79 Å². The van der Waals surface area contributed by atoms with Gasteiger partial charge < -0.3 is 14.6 Å². The predicted molar refractivity (Wildman–Crippen MR) is 73.3 cm³/mol. The molecule has 0 aromatic carbocycles. The van der Waals surface area contributed by atoms with Crippen LogP contribution in [0.2, 0.25) is 0 Å².